The molecule has 0 unspecified atom stereocenters. The molecule has 146 valence electrons. The number of H-pyrrole nitrogens is 1. The van der Waals surface area contributed by atoms with Crippen LogP contribution in [0.25, 0.3) is 11.1 Å². The minimum atomic E-state index is -0.0781. The molecule has 6 heteroatoms. The number of nitrogens with zero attached hydrogens (tertiary/aromatic N) is 3. The number of hydrogen-bond acceptors (Lipinski definition) is 4. The number of piperidine rings is 1. The summed E-state index contributed by atoms with van der Waals surface area (Å²) in [7, 11) is 0. The van der Waals surface area contributed by atoms with Gasteiger partial charge in [-0.2, -0.15) is 0 Å². The van der Waals surface area contributed by atoms with E-state index in [4.69, 9.17) is 0 Å². The van der Waals surface area contributed by atoms with Crippen LogP contribution in [0.4, 0.5) is 5.69 Å². The third kappa shape index (κ3) is 4.01. The highest BCUT2D eigenvalue weighted by Gasteiger charge is 2.33. The third-order valence-corrected chi connectivity index (χ3v) is 5.68. The molecule has 0 bridgehead atoms. The summed E-state index contributed by atoms with van der Waals surface area (Å²) in [5.74, 6) is 0.602. The first-order valence-corrected chi connectivity index (χ1v) is 9.97. The molecular weight excluding hydrogens is 352 g/mol. The fourth-order valence-corrected chi connectivity index (χ4v) is 3.96. The van der Waals surface area contributed by atoms with Crippen molar-refractivity contribution in [1.82, 2.24) is 14.9 Å². The number of pyridine rings is 2. The number of likely N-dealkylation sites (tertiary alicyclic amines) is 1. The van der Waals surface area contributed by atoms with E-state index in [1.807, 2.05) is 23.1 Å². The van der Waals surface area contributed by atoms with Gasteiger partial charge in [0.15, 0.2) is 0 Å². The molecule has 1 N–H and O–H groups in total. The highest BCUT2D eigenvalue weighted by atomic mass is 16.2. The minimum absolute atomic E-state index is 0.0319. The number of rotatable bonds is 6. The van der Waals surface area contributed by atoms with Gasteiger partial charge in [0.25, 0.3) is 5.56 Å². The zero-order valence-corrected chi connectivity index (χ0v) is 16.0. The van der Waals surface area contributed by atoms with Crippen LogP contribution in [0, 0.1) is 5.92 Å². The first-order valence-electron chi connectivity index (χ1n) is 9.97. The molecule has 6 nitrogen and oxygen atoms in total. The quantitative estimate of drug-likeness (QED) is 0.785. The highest BCUT2D eigenvalue weighted by Crippen LogP contribution is 2.33. The lowest BCUT2D eigenvalue weighted by Crippen LogP contribution is -2.51. The van der Waals surface area contributed by atoms with Crippen LogP contribution in [-0.4, -0.2) is 46.5 Å². The van der Waals surface area contributed by atoms with Crippen LogP contribution in [0.2, 0.25) is 0 Å². The number of carbonyl (C=O) groups is 1. The average Bonchev–Trinajstić information content (AvgIpc) is 3.57. The number of aromatic nitrogens is 2. The van der Waals surface area contributed by atoms with Gasteiger partial charge in [0.2, 0.25) is 5.91 Å². The molecule has 2 aliphatic rings. The van der Waals surface area contributed by atoms with E-state index in [1.165, 1.54) is 18.9 Å². The predicted octanol–water partition coefficient (Wildman–Crippen LogP) is 2.83. The van der Waals surface area contributed by atoms with Crippen molar-refractivity contribution in [3.05, 3.63) is 59.8 Å². The molecule has 0 radical (unpaired) electrons. The first-order chi connectivity index (χ1) is 13.7. The summed E-state index contributed by atoms with van der Waals surface area (Å²) in [5.41, 5.74) is 2.60. The number of hydrogen-bond donors (Lipinski definition) is 1. The Hall–Kier alpha value is -2.89. The van der Waals surface area contributed by atoms with Crippen molar-refractivity contribution in [3.8, 4) is 11.1 Å². The van der Waals surface area contributed by atoms with Gasteiger partial charge < -0.3 is 14.8 Å². The number of anilines is 1. The molecule has 2 aromatic heterocycles. The summed E-state index contributed by atoms with van der Waals surface area (Å²) in [6, 6.07) is 6.00. The Morgan fingerprint density at radius 1 is 1.29 bits per heavy atom. The van der Waals surface area contributed by atoms with E-state index in [0.717, 1.165) is 37.1 Å². The SMILES string of the molecule is C=CC(=O)N1CCC[C@@H](N(CC2CC2)c2cc(-c3ccncc3)c[nH]c2=O)C1. The number of aromatic amines is 1. The van der Waals surface area contributed by atoms with Crippen molar-refractivity contribution in [3.63, 3.8) is 0 Å². The van der Waals surface area contributed by atoms with Gasteiger partial charge in [-0.1, -0.05) is 6.58 Å². The minimum Gasteiger partial charge on any atom is -0.362 e. The highest BCUT2D eigenvalue weighted by molar-refractivity contribution is 5.87. The molecule has 28 heavy (non-hydrogen) atoms. The predicted molar refractivity (Wildman–Crippen MR) is 110 cm³/mol. The molecule has 1 atom stereocenters. The topological polar surface area (TPSA) is 69.3 Å². The van der Waals surface area contributed by atoms with Crippen molar-refractivity contribution in [2.45, 2.75) is 31.7 Å². The molecule has 0 spiro atoms. The molecule has 1 amide bonds. The molecule has 2 aromatic rings. The summed E-state index contributed by atoms with van der Waals surface area (Å²) in [5, 5.41) is 0. The molecule has 1 saturated heterocycles. The molecule has 2 fully saturated rings. The zero-order chi connectivity index (χ0) is 19.5. The maximum Gasteiger partial charge on any atom is 0.271 e. The first kappa shape index (κ1) is 18.5. The molecule has 1 aliphatic heterocycles. The summed E-state index contributed by atoms with van der Waals surface area (Å²) in [4.78, 5) is 36.0. The second-order valence-electron chi connectivity index (χ2n) is 7.72. The monoisotopic (exact) mass is 378 g/mol. The number of amides is 1. The molecule has 1 saturated carbocycles. The smallest absolute Gasteiger partial charge is 0.271 e. The van der Waals surface area contributed by atoms with E-state index in [1.54, 1.807) is 18.6 Å². The zero-order valence-electron chi connectivity index (χ0n) is 16.0. The van der Waals surface area contributed by atoms with Gasteiger partial charge in [-0.25, -0.2) is 0 Å². The van der Waals surface area contributed by atoms with Crippen molar-refractivity contribution in [2.75, 3.05) is 24.5 Å². The van der Waals surface area contributed by atoms with Crippen LogP contribution in [0.3, 0.4) is 0 Å². The Morgan fingerprint density at radius 2 is 2.07 bits per heavy atom. The van der Waals surface area contributed by atoms with E-state index in [-0.39, 0.29) is 17.5 Å². The fraction of sp³-hybridized carbons (Fsp3) is 0.409. The third-order valence-electron chi connectivity index (χ3n) is 5.68. The Morgan fingerprint density at radius 3 is 2.79 bits per heavy atom. The summed E-state index contributed by atoms with van der Waals surface area (Å²) in [6.45, 7) is 5.87. The van der Waals surface area contributed by atoms with Gasteiger partial charge in [-0.15, -0.1) is 0 Å². The van der Waals surface area contributed by atoms with E-state index in [2.05, 4.69) is 21.4 Å². The van der Waals surface area contributed by atoms with Gasteiger partial charge in [0.1, 0.15) is 5.69 Å². The normalized spacial score (nSPS) is 19.3. The maximum absolute atomic E-state index is 12.8. The van der Waals surface area contributed by atoms with Gasteiger partial charge in [-0.05, 0) is 61.4 Å². The van der Waals surface area contributed by atoms with Gasteiger partial charge in [-0.3, -0.25) is 14.6 Å². The van der Waals surface area contributed by atoms with E-state index < -0.39 is 0 Å². The Balaban J connectivity index is 1.66. The van der Waals surface area contributed by atoms with Crippen LogP contribution < -0.4 is 10.5 Å². The molecule has 0 aromatic carbocycles. The lowest BCUT2D eigenvalue weighted by Gasteiger charge is -2.40. The van der Waals surface area contributed by atoms with E-state index in [0.29, 0.717) is 18.2 Å². The Bertz CT molecular complexity index is 904. The van der Waals surface area contributed by atoms with Crippen molar-refractivity contribution >= 4 is 11.6 Å². The van der Waals surface area contributed by atoms with Crippen LogP contribution in [0.5, 0.6) is 0 Å². The summed E-state index contributed by atoms with van der Waals surface area (Å²) >= 11 is 0. The second kappa shape index (κ2) is 8.00. The van der Waals surface area contributed by atoms with E-state index >= 15 is 0 Å². The standard InChI is InChI=1S/C22H26N4O2/c1-2-21(27)25-11-3-4-19(15-25)26(14-16-5-6-16)20-12-18(13-24-22(20)28)17-7-9-23-10-8-17/h2,7-10,12-13,16,19H,1,3-6,11,14-15H2,(H,24,28)/t19-/m1/s1. The number of carbonyl (C=O) groups excluding carboxylic acids is 1. The van der Waals surface area contributed by atoms with Crippen molar-refractivity contribution in [2.24, 2.45) is 5.92 Å². The molecular formula is C22H26N4O2. The van der Waals surface area contributed by atoms with Crippen molar-refractivity contribution < 1.29 is 4.79 Å². The van der Waals surface area contributed by atoms with Crippen LogP contribution in [0.15, 0.2) is 54.2 Å². The lowest BCUT2D eigenvalue weighted by molar-refractivity contribution is -0.127. The lowest BCUT2D eigenvalue weighted by atomic mass is 10.0. The second-order valence-corrected chi connectivity index (χ2v) is 7.72. The molecule has 4 rings (SSSR count). The summed E-state index contributed by atoms with van der Waals surface area (Å²) < 4.78 is 0. The number of nitrogens with one attached hydrogen (secondary N) is 1. The average molecular weight is 378 g/mol. The molecule has 3 heterocycles. The van der Waals surface area contributed by atoms with Crippen LogP contribution in [0.1, 0.15) is 25.7 Å². The Labute approximate surface area is 164 Å². The van der Waals surface area contributed by atoms with Crippen LogP contribution >= 0.6 is 0 Å². The molecule has 1 aliphatic carbocycles. The largest absolute Gasteiger partial charge is 0.362 e. The van der Waals surface area contributed by atoms with Crippen molar-refractivity contribution in [1.29, 1.82) is 0 Å². The van der Waals surface area contributed by atoms with Gasteiger partial charge >= 0.3 is 0 Å². The fourth-order valence-electron chi connectivity index (χ4n) is 3.96. The Kier molecular flexibility index (Phi) is 5.28. The van der Waals surface area contributed by atoms with Gasteiger partial charge in [0, 0.05) is 49.8 Å². The van der Waals surface area contributed by atoms with Gasteiger partial charge in [0.05, 0.1) is 0 Å². The van der Waals surface area contributed by atoms with Crippen LogP contribution in [-0.2, 0) is 4.79 Å². The van der Waals surface area contributed by atoms with E-state index in [9.17, 15) is 9.59 Å². The maximum atomic E-state index is 12.8. The summed E-state index contributed by atoms with van der Waals surface area (Å²) in [6.07, 6.45) is 11.0.